The van der Waals surface area contributed by atoms with Crippen molar-refractivity contribution in [2.45, 2.75) is 32.7 Å². The molecular weight excluding hydrogens is 304 g/mol. The molecule has 0 aliphatic heterocycles. The van der Waals surface area contributed by atoms with Crippen LogP contribution < -0.4 is 0 Å². The normalized spacial score (nSPS) is 12.7. The van der Waals surface area contributed by atoms with Gasteiger partial charge in [-0.15, -0.1) is 0 Å². The van der Waals surface area contributed by atoms with Crippen molar-refractivity contribution in [1.82, 2.24) is 9.55 Å². The molecule has 100 valence electrons. The van der Waals surface area contributed by atoms with Crippen LogP contribution >= 0.6 is 15.9 Å². The van der Waals surface area contributed by atoms with Crippen molar-refractivity contribution in [3.8, 4) is 0 Å². The molecule has 0 amide bonds. The summed E-state index contributed by atoms with van der Waals surface area (Å²) in [5, 5.41) is 0. The topological polar surface area (TPSA) is 34.9 Å². The van der Waals surface area contributed by atoms with Gasteiger partial charge in [-0.3, -0.25) is 4.79 Å². The molecule has 0 N–H and O–H groups in total. The Labute approximate surface area is 121 Å². The van der Waals surface area contributed by atoms with Gasteiger partial charge in [0, 0.05) is 28.3 Å². The SMILES string of the molecule is CC(C)c1nccn1C(C)C(=O)c1ccc(Br)cc1. The number of hydrogen-bond acceptors (Lipinski definition) is 2. The van der Waals surface area contributed by atoms with E-state index in [9.17, 15) is 4.79 Å². The highest BCUT2D eigenvalue weighted by Crippen LogP contribution is 2.21. The third-order valence-electron chi connectivity index (χ3n) is 3.14. The fourth-order valence-electron chi connectivity index (χ4n) is 2.08. The fourth-order valence-corrected chi connectivity index (χ4v) is 2.35. The van der Waals surface area contributed by atoms with Gasteiger partial charge >= 0.3 is 0 Å². The molecule has 1 aromatic carbocycles. The minimum atomic E-state index is -0.235. The summed E-state index contributed by atoms with van der Waals surface area (Å²) >= 11 is 3.37. The zero-order chi connectivity index (χ0) is 14.0. The number of imidazole rings is 1. The van der Waals surface area contributed by atoms with E-state index >= 15 is 0 Å². The Morgan fingerprint density at radius 2 is 1.84 bits per heavy atom. The van der Waals surface area contributed by atoms with Gasteiger partial charge in [0.1, 0.15) is 5.82 Å². The third kappa shape index (κ3) is 2.95. The molecule has 2 aromatic rings. The molecule has 0 saturated heterocycles. The summed E-state index contributed by atoms with van der Waals surface area (Å²) in [7, 11) is 0. The van der Waals surface area contributed by atoms with Crippen LogP contribution in [0.25, 0.3) is 0 Å². The number of rotatable bonds is 4. The zero-order valence-corrected chi connectivity index (χ0v) is 12.9. The number of hydrogen-bond donors (Lipinski definition) is 0. The van der Waals surface area contributed by atoms with E-state index in [0.717, 1.165) is 15.9 Å². The molecule has 0 radical (unpaired) electrons. The zero-order valence-electron chi connectivity index (χ0n) is 11.3. The van der Waals surface area contributed by atoms with Crippen LogP contribution in [-0.2, 0) is 0 Å². The van der Waals surface area contributed by atoms with Crippen molar-refractivity contribution in [3.63, 3.8) is 0 Å². The van der Waals surface area contributed by atoms with Crippen molar-refractivity contribution in [2.24, 2.45) is 0 Å². The van der Waals surface area contributed by atoms with Crippen LogP contribution in [0.3, 0.4) is 0 Å². The Bertz CT molecular complexity index is 572. The Morgan fingerprint density at radius 3 is 2.42 bits per heavy atom. The average Bonchev–Trinajstić information content (AvgIpc) is 2.87. The van der Waals surface area contributed by atoms with Gasteiger partial charge in [-0.1, -0.05) is 41.9 Å². The van der Waals surface area contributed by atoms with Gasteiger partial charge in [-0.05, 0) is 19.1 Å². The summed E-state index contributed by atoms with van der Waals surface area (Å²) in [5.74, 6) is 1.35. The van der Waals surface area contributed by atoms with Crippen molar-refractivity contribution >= 4 is 21.7 Å². The highest BCUT2D eigenvalue weighted by Gasteiger charge is 2.20. The van der Waals surface area contributed by atoms with E-state index in [0.29, 0.717) is 5.92 Å². The first-order valence-electron chi connectivity index (χ1n) is 6.33. The van der Waals surface area contributed by atoms with E-state index in [-0.39, 0.29) is 11.8 Å². The molecule has 19 heavy (non-hydrogen) atoms. The van der Waals surface area contributed by atoms with Gasteiger partial charge in [0.05, 0.1) is 6.04 Å². The molecule has 1 atom stereocenters. The van der Waals surface area contributed by atoms with Crippen LogP contribution in [0, 0.1) is 0 Å². The van der Waals surface area contributed by atoms with E-state index in [1.54, 1.807) is 6.20 Å². The van der Waals surface area contributed by atoms with Gasteiger partial charge in [0.2, 0.25) is 0 Å². The molecule has 0 fully saturated rings. The number of halogens is 1. The van der Waals surface area contributed by atoms with E-state index < -0.39 is 0 Å². The standard InChI is InChI=1S/C15H17BrN2O/c1-10(2)15-17-8-9-18(15)11(3)14(19)12-4-6-13(16)7-5-12/h4-11H,1-3H3. The van der Waals surface area contributed by atoms with Crippen LogP contribution in [0.15, 0.2) is 41.1 Å². The van der Waals surface area contributed by atoms with E-state index in [1.165, 1.54) is 0 Å². The highest BCUT2D eigenvalue weighted by atomic mass is 79.9. The highest BCUT2D eigenvalue weighted by molar-refractivity contribution is 9.10. The van der Waals surface area contributed by atoms with Crippen molar-refractivity contribution in [3.05, 3.63) is 52.5 Å². The first-order chi connectivity index (χ1) is 9.00. The number of nitrogens with zero attached hydrogens (tertiary/aromatic N) is 2. The fraction of sp³-hybridized carbons (Fsp3) is 0.333. The maximum Gasteiger partial charge on any atom is 0.185 e. The monoisotopic (exact) mass is 320 g/mol. The molecule has 3 nitrogen and oxygen atoms in total. The number of Topliss-reactive ketones (excluding diaryl/α,β-unsaturated/α-hetero) is 1. The Balaban J connectivity index is 2.28. The van der Waals surface area contributed by atoms with Gasteiger partial charge < -0.3 is 4.57 Å². The van der Waals surface area contributed by atoms with Crippen LogP contribution in [0.2, 0.25) is 0 Å². The third-order valence-corrected chi connectivity index (χ3v) is 3.67. The molecule has 1 heterocycles. The van der Waals surface area contributed by atoms with Crippen molar-refractivity contribution in [1.29, 1.82) is 0 Å². The van der Waals surface area contributed by atoms with Crippen molar-refractivity contribution in [2.75, 3.05) is 0 Å². The average molecular weight is 321 g/mol. The van der Waals surface area contributed by atoms with Gasteiger partial charge in [0.15, 0.2) is 5.78 Å². The molecule has 1 aromatic heterocycles. The maximum atomic E-state index is 12.5. The number of carbonyl (C=O) groups excluding carboxylic acids is 1. The first kappa shape index (κ1) is 14.0. The predicted molar refractivity (Wildman–Crippen MR) is 79.5 cm³/mol. The largest absolute Gasteiger partial charge is 0.324 e. The predicted octanol–water partition coefficient (Wildman–Crippen LogP) is 4.21. The molecule has 0 aliphatic rings. The molecule has 2 rings (SSSR count). The molecule has 0 aliphatic carbocycles. The van der Waals surface area contributed by atoms with Crippen LogP contribution in [0.4, 0.5) is 0 Å². The van der Waals surface area contributed by atoms with Crippen LogP contribution in [0.1, 0.15) is 48.9 Å². The molecule has 0 spiro atoms. The van der Waals surface area contributed by atoms with E-state index in [4.69, 9.17) is 0 Å². The Kier molecular flexibility index (Phi) is 4.20. The number of ketones is 1. The molecule has 0 saturated carbocycles. The smallest absolute Gasteiger partial charge is 0.185 e. The number of carbonyl (C=O) groups is 1. The summed E-state index contributed by atoms with van der Waals surface area (Å²) in [6.45, 7) is 6.07. The molecular formula is C15H17BrN2O. The van der Waals surface area contributed by atoms with Gasteiger partial charge in [-0.2, -0.15) is 0 Å². The summed E-state index contributed by atoms with van der Waals surface area (Å²) < 4.78 is 2.93. The quantitative estimate of drug-likeness (QED) is 0.791. The summed E-state index contributed by atoms with van der Waals surface area (Å²) in [6, 6.07) is 7.22. The second kappa shape index (κ2) is 5.70. The lowest BCUT2D eigenvalue weighted by Crippen LogP contribution is -2.18. The lowest BCUT2D eigenvalue weighted by molar-refractivity contribution is 0.0933. The number of aromatic nitrogens is 2. The molecule has 1 unspecified atom stereocenters. The number of benzene rings is 1. The summed E-state index contributed by atoms with van der Waals surface area (Å²) in [5.41, 5.74) is 0.721. The van der Waals surface area contributed by atoms with E-state index in [2.05, 4.69) is 34.8 Å². The van der Waals surface area contributed by atoms with Crippen molar-refractivity contribution < 1.29 is 4.79 Å². The Morgan fingerprint density at radius 1 is 1.21 bits per heavy atom. The minimum absolute atomic E-state index is 0.104. The van der Waals surface area contributed by atoms with Gasteiger partial charge in [0.25, 0.3) is 0 Å². The van der Waals surface area contributed by atoms with Crippen LogP contribution in [-0.4, -0.2) is 15.3 Å². The molecule has 4 heteroatoms. The second-order valence-electron chi connectivity index (χ2n) is 4.89. The van der Waals surface area contributed by atoms with E-state index in [1.807, 2.05) is 42.0 Å². The maximum absolute atomic E-state index is 12.5. The summed E-state index contributed by atoms with van der Waals surface area (Å²) in [6.07, 6.45) is 3.62. The second-order valence-corrected chi connectivity index (χ2v) is 5.81. The lowest BCUT2D eigenvalue weighted by atomic mass is 10.0. The Hall–Kier alpha value is -1.42. The molecule has 0 bridgehead atoms. The lowest BCUT2D eigenvalue weighted by Gasteiger charge is -2.17. The summed E-state index contributed by atoms with van der Waals surface area (Å²) in [4.78, 5) is 16.8. The van der Waals surface area contributed by atoms with Gasteiger partial charge in [-0.25, -0.2) is 4.98 Å². The first-order valence-corrected chi connectivity index (χ1v) is 7.12. The minimum Gasteiger partial charge on any atom is -0.324 e. The van der Waals surface area contributed by atoms with Crippen LogP contribution in [0.5, 0.6) is 0 Å².